The lowest BCUT2D eigenvalue weighted by Gasteiger charge is -2.31. The molecule has 0 aromatic heterocycles. The van der Waals surface area contributed by atoms with Gasteiger partial charge in [-0.3, -0.25) is 4.79 Å². The standard InChI is InChI=1S/C21H16Cl2F2O3/c1-21(2)9-17(26)19(14-6-4-12(24)8-16(14)25)18(10-21)28-20(27)13-5-3-11(22)7-15(13)23/h3-8H,9-10H2,1-2H3. The van der Waals surface area contributed by atoms with Crippen molar-refractivity contribution < 1.29 is 23.1 Å². The minimum absolute atomic E-state index is 0.0303. The third-order valence-electron chi connectivity index (χ3n) is 4.40. The van der Waals surface area contributed by atoms with E-state index in [4.69, 9.17) is 27.9 Å². The Labute approximate surface area is 170 Å². The molecule has 146 valence electrons. The summed E-state index contributed by atoms with van der Waals surface area (Å²) in [5, 5.41) is 0.442. The van der Waals surface area contributed by atoms with Gasteiger partial charge >= 0.3 is 5.97 Å². The van der Waals surface area contributed by atoms with Gasteiger partial charge in [-0.1, -0.05) is 37.0 Å². The molecule has 0 aliphatic heterocycles. The second-order valence-electron chi connectivity index (χ2n) is 7.38. The van der Waals surface area contributed by atoms with Crippen LogP contribution in [0, 0.1) is 17.0 Å². The summed E-state index contributed by atoms with van der Waals surface area (Å²) < 4.78 is 33.1. The fraction of sp³-hybridized carbons (Fsp3) is 0.238. The average Bonchev–Trinajstić information content (AvgIpc) is 2.55. The Morgan fingerprint density at radius 1 is 1.07 bits per heavy atom. The number of ketones is 1. The first kappa shape index (κ1) is 20.5. The molecule has 0 fully saturated rings. The van der Waals surface area contributed by atoms with E-state index in [1.807, 2.05) is 13.8 Å². The molecule has 0 amide bonds. The molecule has 1 aliphatic carbocycles. The second kappa shape index (κ2) is 7.64. The Bertz CT molecular complexity index is 1010. The van der Waals surface area contributed by atoms with Crippen LogP contribution in [0.1, 0.15) is 42.6 Å². The third-order valence-corrected chi connectivity index (χ3v) is 4.95. The van der Waals surface area contributed by atoms with E-state index in [0.29, 0.717) is 11.1 Å². The topological polar surface area (TPSA) is 43.4 Å². The maximum atomic E-state index is 14.3. The van der Waals surface area contributed by atoms with Crippen molar-refractivity contribution in [1.82, 2.24) is 0 Å². The van der Waals surface area contributed by atoms with Crippen LogP contribution in [-0.2, 0) is 9.53 Å². The van der Waals surface area contributed by atoms with Gasteiger partial charge in [0, 0.05) is 29.5 Å². The number of allylic oxidation sites excluding steroid dienone is 2. The van der Waals surface area contributed by atoms with Gasteiger partial charge in [-0.2, -0.15) is 0 Å². The summed E-state index contributed by atoms with van der Waals surface area (Å²) in [6.45, 7) is 3.68. The number of hydrogen-bond acceptors (Lipinski definition) is 3. The van der Waals surface area contributed by atoms with Crippen LogP contribution in [0.25, 0.3) is 5.57 Å². The largest absolute Gasteiger partial charge is 0.427 e. The van der Waals surface area contributed by atoms with Gasteiger partial charge in [-0.25, -0.2) is 13.6 Å². The number of ether oxygens (including phenoxy) is 1. The van der Waals surface area contributed by atoms with Crippen LogP contribution in [0.15, 0.2) is 42.2 Å². The number of esters is 1. The highest BCUT2D eigenvalue weighted by Gasteiger charge is 2.37. The van der Waals surface area contributed by atoms with Crippen LogP contribution >= 0.6 is 23.2 Å². The Morgan fingerprint density at radius 2 is 1.79 bits per heavy atom. The van der Waals surface area contributed by atoms with Crippen molar-refractivity contribution in [3.05, 3.63) is 75.0 Å². The molecule has 2 aromatic rings. The lowest BCUT2D eigenvalue weighted by molar-refractivity contribution is -0.116. The van der Waals surface area contributed by atoms with Crippen LogP contribution in [0.4, 0.5) is 8.78 Å². The zero-order chi connectivity index (χ0) is 20.6. The molecule has 0 N–H and O–H groups in total. The fourth-order valence-electron chi connectivity index (χ4n) is 3.17. The van der Waals surface area contributed by atoms with Gasteiger partial charge < -0.3 is 4.74 Å². The molecule has 1 aliphatic rings. The smallest absolute Gasteiger partial charge is 0.344 e. The van der Waals surface area contributed by atoms with Gasteiger partial charge in [0.05, 0.1) is 16.2 Å². The summed E-state index contributed by atoms with van der Waals surface area (Å²) in [4.78, 5) is 25.4. The van der Waals surface area contributed by atoms with Crippen molar-refractivity contribution >= 4 is 40.5 Å². The quantitative estimate of drug-likeness (QED) is 0.548. The van der Waals surface area contributed by atoms with Crippen LogP contribution < -0.4 is 0 Å². The summed E-state index contributed by atoms with van der Waals surface area (Å²) >= 11 is 11.9. The molecule has 0 radical (unpaired) electrons. The van der Waals surface area contributed by atoms with Crippen molar-refractivity contribution in [3.8, 4) is 0 Å². The van der Waals surface area contributed by atoms with E-state index in [1.54, 1.807) is 0 Å². The van der Waals surface area contributed by atoms with E-state index < -0.39 is 23.0 Å². The minimum Gasteiger partial charge on any atom is -0.427 e. The fourth-order valence-corrected chi connectivity index (χ4v) is 3.65. The highest BCUT2D eigenvalue weighted by Crippen LogP contribution is 2.42. The van der Waals surface area contributed by atoms with E-state index in [-0.39, 0.29) is 46.1 Å². The van der Waals surface area contributed by atoms with Crippen LogP contribution in [0.3, 0.4) is 0 Å². The SMILES string of the molecule is CC1(C)CC(=O)C(c2ccc(F)cc2F)=C(OC(=O)c2ccc(Cl)cc2Cl)C1. The molecule has 28 heavy (non-hydrogen) atoms. The molecule has 7 heteroatoms. The summed E-state index contributed by atoms with van der Waals surface area (Å²) in [6.07, 6.45) is 0.365. The first-order valence-corrected chi connectivity index (χ1v) is 9.22. The Hall–Kier alpha value is -2.24. The molecule has 0 saturated carbocycles. The van der Waals surface area contributed by atoms with Crippen LogP contribution in [0.5, 0.6) is 0 Å². The number of Topliss-reactive ketones (excluding diaryl/α,β-unsaturated/α-hetero) is 1. The predicted molar refractivity (Wildman–Crippen MR) is 103 cm³/mol. The highest BCUT2D eigenvalue weighted by atomic mass is 35.5. The Kier molecular flexibility index (Phi) is 5.60. The normalized spacial score (nSPS) is 16.3. The number of hydrogen-bond donors (Lipinski definition) is 0. The Morgan fingerprint density at radius 3 is 2.43 bits per heavy atom. The molecule has 0 unspecified atom stereocenters. The lowest BCUT2D eigenvalue weighted by atomic mass is 9.75. The van der Waals surface area contributed by atoms with Crippen molar-refractivity contribution in [1.29, 1.82) is 0 Å². The lowest BCUT2D eigenvalue weighted by Crippen LogP contribution is -2.27. The molecular formula is C21H16Cl2F2O3. The van der Waals surface area contributed by atoms with Crippen molar-refractivity contribution in [2.45, 2.75) is 26.7 Å². The van der Waals surface area contributed by atoms with Gasteiger partial charge in [0.15, 0.2) is 5.78 Å². The third kappa shape index (κ3) is 4.26. The maximum absolute atomic E-state index is 14.3. The molecular weight excluding hydrogens is 409 g/mol. The van der Waals surface area contributed by atoms with E-state index in [0.717, 1.165) is 6.07 Å². The summed E-state index contributed by atoms with van der Waals surface area (Å²) in [7, 11) is 0. The zero-order valence-corrected chi connectivity index (χ0v) is 16.6. The van der Waals surface area contributed by atoms with E-state index in [1.165, 1.54) is 24.3 Å². The number of rotatable bonds is 3. The molecule has 3 nitrogen and oxygen atoms in total. The van der Waals surface area contributed by atoms with Crippen molar-refractivity contribution in [2.75, 3.05) is 0 Å². The van der Waals surface area contributed by atoms with Gasteiger partial charge in [0.25, 0.3) is 0 Å². The number of halogens is 4. The van der Waals surface area contributed by atoms with Gasteiger partial charge in [0.1, 0.15) is 17.4 Å². The molecule has 0 bridgehead atoms. The first-order chi connectivity index (χ1) is 13.1. The summed E-state index contributed by atoms with van der Waals surface area (Å²) in [5.41, 5.74) is -0.591. The van der Waals surface area contributed by atoms with E-state index in [2.05, 4.69) is 0 Å². The van der Waals surface area contributed by atoms with Crippen LogP contribution in [-0.4, -0.2) is 11.8 Å². The molecule has 0 spiro atoms. The van der Waals surface area contributed by atoms with E-state index in [9.17, 15) is 18.4 Å². The molecule has 2 aromatic carbocycles. The maximum Gasteiger partial charge on any atom is 0.344 e. The zero-order valence-electron chi connectivity index (χ0n) is 15.1. The monoisotopic (exact) mass is 424 g/mol. The molecule has 0 heterocycles. The highest BCUT2D eigenvalue weighted by molar-refractivity contribution is 6.36. The van der Waals surface area contributed by atoms with Crippen molar-refractivity contribution in [2.24, 2.45) is 5.41 Å². The van der Waals surface area contributed by atoms with Crippen LogP contribution in [0.2, 0.25) is 10.0 Å². The minimum atomic E-state index is -0.902. The predicted octanol–water partition coefficient (Wildman–Crippen LogP) is 6.23. The Balaban J connectivity index is 2.08. The average molecular weight is 425 g/mol. The molecule has 0 saturated heterocycles. The van der Waals surface area contributed by atoms with Gasteiger partial charge in [0.2, 0.25) is 0 Å². The first-order valence-electron chi connectivity index (χ1n) is 8.46. The van der Waals surface area contributed by atoms with Gasteiger partial charge in [-0.15, -0.1) is 0 Å². The van der Waals surface area contributed by atoms with Gasteiger partial charge in [-0.05, 0) is 35.7 Å². The number of benzene rings is 2. The number of carbonyl (C=O) groups is 2. The summed E-state index contributed by atoms with van der Waals surface area (Å²) in [5.74, 6) is -2.81. The van der Waals surface area contributed by atoms with Crippen molar-refractivity contribution in [3.63, 3.8) is 0 Å². The molecule has 0 atom stereocenters. The number of carbonyl (C=O) groups excluding carboxylic acids is 2. The van der Waals surface area contributed by atoms with E-state index >= 15 is 0 Å². The second-order valence-corrected chi connectivity index (χ2v) is 8.22. The molecule has 3 rings (SSSR count). The summed E-state index contributed by atoms with van der Waals surface area (Å²) in [6, 6.07) is 7.18.